The van der Waals surface area contributed by atoms with Crippen LogP contribution in [0.1, 0.15) is 61.6 Å². The second-order valence-corrected chi connectivity index (χ2v) is 11.7. The molecule has 0 radical (unpaired) electrons. The van der Waals surface area contributed by atoms with E-state index in [1.54, 1.807) is 0 Å². The SMILES string of the molecule is CCc1nc(C(N)=O)c(Nc2ccc(N3CCC(C4CCCCN(C)CC4)CC3)cc2)nc1Nc1cc2ccc1o2. The maximum atomic E-state index is 12.3. The minimum atomic E-state index is -0.619. The molecule has 2 bridgehead atoms. The van der Waals surface area contributed by atoms with Crippen molar-refractivity contribution in [1.82, 2.24) is 14.9 Å². The van der Waals surface area contributed by atoms with Crippen molar-refractivity contribution in [2.45, 2.75) is 51.9 Å². The zero-order valence-electron chi connectivity index (χ0n) is 24.2. The molecule has 1 unspecified atom stereocenters. The smallest absolute Gasteiger partial charge is 0.271 e. The van der Waals surface area contributed by atoms with Crippen molar-refractivity contribution in [2.75, 3.05) is 48.8 Å². The van der Waals surface area contributed by atoms with Gasteiger partial charge in [0.05, 0.1) is 11.4 Å². The van der Waals surface area contributed by atoms with Crippen LogP contribution in [-0.2, 0) is 6.42 Å². The number of nitrogens with two attached hydrogens (primary N) is 1. The monoisotopic (exact) mass is 555 g/mol. The number of fused-ring (bicyclic) bond motifs is 2. The molecule has 41 heavy (non-hydrogen) atoms. The van der Waals surface area contributed by atoms with E-state index in [0.717, 1.165) is 47.5 Å². The topological polar surface area (TPSA) is 113 Å². The molecular weight excluding hydrogens is 514 g/mol. The van der Waals surface area contributed by atoms with Gasteiger partial charge in [0, 0.05) is 30.5 Å². The number of carbonyl (C=O) groups excluding carboxylic acids is 1. The number of hydrogen-bond donors (Lipinski definition) is 3. The molecule has 0 aliphatic carbocycles. The van der Waals surface area contributed by atoms with Crippen LogP contribution in [0.15, 0.2) is 46.9 Å². The number of rotatable bonds is 8. The van der Waals surface area contributed by atoms with E-state index in [9.17, 15) is 4.79 Å². The first-order valence-electron chi connectivity index (χ1n) is 15.1. The molecule has 2 aliphatic rings. The number of carbonyl (C=O) groups is 1. The van der Waals surface area contributed by atoms with Crippen molar-refractivity contribution in [2.24, 2.45) is 17.6 Å². The van der Waals surface area contributed by atoms with Crippen LogP contribution in [0.2, 0.25) is 0 Å². The van der Waals surface area contributed by atoms with E-state index < -0.39 is 5.91 Å². The molecule has 0 spiro atoms. The number of likely N-dealkylation sites (tertiary alicyclic amines) is 1. The molecule has 1 aromatic carbocycles. The van der Waals surface area contributed by atoms with Crippen molar-refractivity contribution in [3.05, 3.63) is 53.9 Å². The second kappa shape index (κ2) is 11.9. The van der Waals surface area contributed by atoms with Gasteiger partial charge in [-0.25, -0.2) is 9.97 Å². The molecule has 9 heteroatoms. The van der Waals surface area contributed by atoms with Crippen LogP contribution >= 0.6 is 0 Å². The molecule has 4 aromatic rings. The maximum Gasteiger partial charge on any atom is 0.271 e. The van der Waals surface area contributed by atoms with Crippen molar-refractivity contribution in [1.29, 1.82) is 0 Å². The molecule has 0 saturated carbocycles. The van der Waals surface area contributed by atoms with E-state index in [-0.39, 0.29) is 5.69 Å². The molecule has 3 aromatic heterocycles. The number of benzene rings is 2. The fourth-order valence-corrected chi connectivity index (χ4v) is 6.51. The summed E-state index contributed by atoms with van der Waals surface area (Å²) >= 11 is 0. The Kier molecular flexibility index (Phi) is 7.96. The molecular formula is C32H41N7O2. The van der Waals surface area contributed by atoms with Crippen LogP contribution in [0.3, 0.4) is 0 Å². The Hall–Kier alpha value is -3.85. The van der Waals surface area contributed by atoms with Gasteiger partial charge < -0.3 is 30.6 Å². The van der Waals surface area contributed by atoms with E-state index in [1.807, 2.05) is 37.3 Å². The minimum absolute atomic E-state index is 0.124. The van der Waals surface area contributed by atoms with Gasteiger partial charge in [0.1, 0.15) is 5.58 Å². The normalized spacial score (nSPS) is 19.3. The summed E-state index contributed by atoms with van der Waals surface area (Å²) in [6.07, 6.45) is 8.57. The third-order valence-electron chi connectivity index (χ3n) is 8.92. The molecule has 4 N–H and O–H groups in total. The Morgan fingerprint density at radius 3 is 2.37 bits per heavy atom. The van der Waals surface area contributed by atoms with Crippen molar-refractivity contribution in [3.63, 3.8) is 0 Å². The van der Waals surface area contributed by atoms with E-state index in [4.69, 9.17) is 15.1 Å². The van der Waals surface area contributed by atoms with Crippen LogP contribution in [0.4, 0.5) is 28.7 Å². The average Bonchev–Trinajstić information content (AvgIpc) is 3.60. The van der Waals surface area contributed by atoms with Gasteiger partial charge >= 0.3 is 0 Å². The van der Waals surface area contributed by atoms with Gasteiger partial charge in [0.25, 0.3) is 5.91 Å². The third-order valence-corrected chi connectivity index (χ3v) is 8.92. The first-order chi connectivity index (χ1) is 20.0. The van der Waals surface area contributed by atoms with Gasteiger partial charge in [-0.05, 0) is 100 Å². The standard InChI is InChI=1S/C32H41N7O2/c1-3-26-31(36-27-20-25-11-12-28(27)41-25)37-32(29(35-26)30(33)40)34-23-7-9-24(10-8-23)39-18-14-22(15-19-39)21-6-4-5-16-38(2)17-13-21/h7-12,20-22H,3-6,13-19H2,1-2H3,(H2,33,40)(H2,34,36,37). The number of hydrogen-bond acceptors (Lipinski definition) is 8. The lowest BCUT2D eigenvalue weighted by molar-refractivity contribution is 0.0996. The largest absolute Gasteiger partial charge is 0.455 e. The third kappa shape index (κ3) is 6.10. The zero-order valence-corrected chi connectivity index (χ0v) is 24.2. The number of furan rings is 2. The highest BCUT2D eigenvalue weighted by Crippen LogP contribution is 2.35. The fraction of sp³-hybridized carbons (Fsp3) is 0.469. The Labute approximate surface area is 241 Å². The van der Waals surface area contributed by atoms with Crippen LogP contribution in [-0.4, -0.2) is 54.0 Å². The molecule has 1 amide bonds. The number of aromatic nitrogens is 2. The van der Waals surface area contributed by atoms with Crippen molar-refractivity contribution < 1.29 is 9.21 Å². The predicted molar refractivity (Wildman–Crippen MR) is 165 cm³/mol. The van der Waals surface area contributed by atoms with Gasteiger partial charge in [-0.1, -0.05) is 19.8 Å². The van der Waals surface area contributed by atoms with E-state index in [0.29, 0.717) is 23.8 Å². The van der Waals surface area contributed by atoms with Gasteiger partial charge in [-0.3, -0.25) is 4.79 Å². The lowest BCUT2D eigenvalue weighted by Crippen LogP contribution is -2.37. The first kappa shape index (κ1) is 27.3. The number of nitrogens with zero attached hydrogens (tertiary/aromatic N) is 4. The zero-order chi connectivity index (χ0) is 28.3. The Balaban J connectivity index is 1.13. The van der Waals surface area contributed by atoms with Gasteiger partial charge in [0.15, 0.2) is 22.9 Å². The van der Waals surface area contributed by atoms with Gasteiger partial charge in [0.2, 0.25) is 0 Å². The summed E-state index contributed by atoms with van der Waals surface area (Å²) < 4.78 is 5.65. The van der Waals surface area contributed by atoms with Gasteiger partial charge in [-0.15, -0.1) is 0 Å². The van der Waals surface area contributed by atoms with Crippen LogP contribution in [0.5, 0.6) is 0 Å². The first-order valence-corrected chi connectivity index (χ1v) is 15.1. The van der Waals surface area contributed by atoms with Crippen molar-refractivity contribution >= 4 is 45.8 Å². The quantitative estimate of drug-likeness (QED) is 0.237. The molecule has 216 valence electrons. The average molecular weight is 556 g/mol. The lowest BCUT2D eigenvalue weighted by Gasteiger charge is -2.38. The number of amides is 1. The summed E-state index contributed by atoms with van der Waals surface area (Å²) in [5.74, 6) is 1.99. The number of piperidine rings is 1. The Bertz CT molecular complexity index is 1460. The van der Waals surface area contributed by atoms with E-state index >= 15 is 0 Å². The summed E-state index contributed by atoms with van der Waals surface area (Å²) in [6.45, 7) is 6.66. The molecule has 6 rings (SSSR count). The maximum absolute atomic E-state index is 12.3. The summed E-state index contributed by atoms with van der Waals surface area (Å²) in [5, 5.41) is 6.61. The molecule has 2 saturated heterocycles. The molecule has 5 heterocycles. The number of primary amides is 1. The number of aryl methyl sites for hydroxylation is 1. The Morgan fingerprint density at radius 1 is 0.927 bits per heavy atom. The highest BCUT2D eigenvalue weighted by Gasteiger charge is 2.27. The summed E-state index contributed by atoms with van der Waals surface area (Å²) in [6, 6.07) is 14.1. The highest BCUT2D eigenvalue weighted by atomic mass is 16.3. The van der Waals surface area contributed by atoms with E-state index in [1.165, 1.54) is 57.3 Å². The number of nitrogens with one attached hydrogen (secondary N) is 2. The second-order valence-electron chi connectivity index (χ2n) is 11.7. The number of anilines is 5. The summed E-state index contributed by atoms with van der Waals surface area (Å²) in [7, 11) is 2.27. The van der Waals surface area contributed by atoms with Crippen LogP contribution in [0.25, 0.3) is 11.2 Å². The summed E-state index contributed by atoms with van der Waals surface area (Å²) in [5.41, 5.74) is 10.9. The van der Waals surface area contributed by atoms with Gasteiger partial charge in [-0.2, -0.15) is 0 Å². The van der Waals surface area contributed by atoms with Crippen LogP contribution < -0.4 is 21.3 Å². The Morgan fingerprint density at radius 2 is 1.68 bits per heavy atom. The fourth-order valence-electron chi connectivity index (χ4n) is 6.51. The molecule has 2 fully saturated rings. The molecule has 9 nitrogen and oxygen atoms in total. The summed E-state index contributed by atoms with van der Waals surface area (Å²) in [4.78, 5) is 26.6. The highest BCUT2D eigenvalue weighted by molar-refractivity contribution is 5.97. The molecule has 2 aliphatic heterocycles. The van der Waals surface area contributed by atoms with E-state index in [2.05, 4.69) is 44.6 Å². The van der Waals surface area contributed by atoms with Crippen LogP contribution in [0, 0.1) is 11.8 Å². The van der Waals surface area contributed by atoms with Crippen molar-refractivity contribution in [3.8, 4) is 0 Å². The lowest BCUT2D eigenvalue weighted by atomic mass is 9.79. The minimum Gasteiger partial charge on any atom is -0.455 e. The molecule has 1 atom stereocenters. The predicted octanol–water partition coefficient (Wildman–Crippen LogP) is 6.15.